The summed E-state index contributed by atoms with van der Waals surface area (Å²) < 4.78 is 2.64. The molecule has 1 saturated heterocycles. The van der Waals surface area contributed by atoms with Gasteiger partial charge in [0.15, 0.2) is 5.82 Å². The van der Waals surface area contributed by atoms with Crippen LogP contribution in [0.3, 0.4) is 0 Å². The maximum absolute atomic E-state index is 12.6. The number of aryl methyl sites for hydroxylation is 2. The summed E-state index contributed by atoms with van der Waals surface area (Å²) in [4.78, 5) is 31.6. The third kappa shape index (κ3) is 3.30. The Labute approximate surface area is 156 Å². The van der Waals surface area contributed by atoms with Crippen molar-refractivity contribution < 1.29 is 4.79 Å². The molecule has 1 fully saturated rings. The topological polar surface area (TPSA) is 84.5 Å². The van der Waals surface area contributed by atoms with Gasteiger partial charge in [-0.15, -0.1) is 5.10 Å². The Morgan fingerprint density at radius 3 is 2.74 bits per heavy atom. The van der Waals surface area contributed by atoms with Crippen molar-refractivity contribution in [1.82, 2.24) is 19.2 Å². The quantitative estimate of drug-likeness (QED) is 0.760. The molecule has 140 valence electrons. The first-order valence-corrected chi connectivity index (χ1v) is 9.09. The van der Waals surface area contributed by atoms with E-state index in [-0.39, 0.29) is 18.1 Å². The summed E-state index contributed by atoms with van der Waals surface area (Å²) in [5.41, 5.74) is 2.99. The van der Waals surface area contributed by atoms with Gasteiger partial charge in [-0.2, -0.15) is 0 Å². The first-order valence-electron chi connectivity index (χ1n) is 9.09. The molecule has 0 bridgehead atoms. The number of carbonyl (C=O) groups excluding carboxylic acids is 1. The van der Waals surface area contributed by atoms with E-state index in [1.54, 1.807) is 12.4 Å². The van der Waals surface area contributed by atoms with Crippen LogP contribution in [0.5, 0.6) is 0 Å². The summed E-state index contributed by atoms with van der Waals surface area (Å²) in [5, 5.41) is 7.23. The molecule has 1 aliphatic rings. The van der Waals surface area contributed by atoms with Crippen LogP contribution in [0, 0.1) is 13.8 Å². The highest BCUT2D eigenvalue weighted by atomic mass is 16.2. The fraction of sp³-hybridized carbons (Fsp3) is 0.368. The van der Waals surface area contributed by atoms with Crippen LogP contribution in [0.4, 0.5) is 11.5 Å². The van der Waals surface area contributed by atoms with Crippen LogP contribution in [0.15, 0.2) is 35.4 Å². The van der Waals surface area contributed by atoms with Gasteiger partial charge in [-0.25, -0.2) is 18.9 Å². The summed E-state index contributed by atoms with van der Waals surface area (Å²) in [6.07, 6.45) is 5.39. The monoisotopic (exact) mass is 366 g/mol. The predicted octanol–water partition coefficient (Wildman–Crippen LogP) is 1.75. The normalized spacial score (nSPS) is 14.1. The zero-order valence-electron chi connectivity index (χ0n) is 15.5. The molecule has 1 N–H and O–H groups in total. The van der Waals surface area contributed by atoms with Crippen molar-refractivity contribution in [3.63, 3.8) is 0 Å². The van der Waals surface area contributed by atoms with Gasteiger partial charge in [-0.1, -0.05) is 17.7 Å². The minimum atomic E-state index is -0.344. The largest absolute Gasteiger partial charge is 0.353 e. The molecule has 0 unspecified atom stereocenters. The number of hydrogen-bond donors (Lipinski definition) is 1. The van der Waals surface area contributed by atoms with Crippen molar-refractivity contribution in [2.45, 2.75) is 33.2 Å². The summed E-state index contributed by atoms with van der Waals surface area (Å²) in [7, 11) is 0. The first-order chi connectivity index (χ1) is 13.0. The number of aromatic nitrogens is 4. The van der Waals surface area contributed by atoms with E-state index in [1.165, 1.54) is 9.08 Å². The smallest absolute Gasteiger partial charge is 0.350 e. The van der Waals surface area contributed by atoms with Crippen molar-refractivity contribution in [1.29, 1.82) is 0 Å². The SMILES string of the molecule is Cc1ccc(NC(=O)Cn2nc3c(N4CCCC4)nccn3c2=O)c(C)c1. The standard InChI is InChI=1S/C19H22N6O2/c1-13-5-6-15(14(2)11-13)21-16(26)12-25-19(27)24-10-7-20-17(18(24)22-25)23-8-3-4-9-23/h5-7,10-11H,3-4,8-9,12H2,1-2H3,(H,21,26). The molecule has 27 heavy (non-hydrogen) atoms. The van der Waals surface area contributed by atoms with E-state index in [0.717, 1.165) is 42.7 Å². The van der Waals surface area contributed by atoms with Gasteiger partial charge in [0.1, 0.15) is 6.54 Å². The van der Waals surface area contributed by atoms with Gasteiger partial charge in [0.05, 0.1) is 0 Å². The Hall–Kier alpha value is -3.16. The summed E-state index contributed by atoms with van der Waals surface area (Å²) in [5.74, 6) is 0.406. The lowest BCUT2D eigenvalue weighted by atomic mass is 10.1. The Morgan fingerprint density at radius 1 is 1.22 bits per heavy atom. The molecule has 1 aromatic carbocycles. The zero-order valence-corrected chi connectivity index (χ0v) is 15.5. The molecule has 3 heterocycles. The summed E-state index contributed by atoms with van der Waals surface area (Å²) in [6, 6.07) is 5.80. The molecular weight excluding hydrogens is 344 g/mol. The number of carbonyl (C=O) groups is 1. The van der Waals surface area contributed by atoms with E-state index in [2.05, 4.69) is 20.3 Å². The molecule has 1 aliphatic heterocycles. The molecule has 0 atom stereocenters. The number of hydrogen-bond acceptors (Lipinski definition) is 5. The third-order valence-electron chi connectivity index (χ3n) is 4.84. The predicted molar refractivity (Wildman–Crippen MR) is 103 cm³/mol. The molecule has 8 heteroatoms. The molecule has 3 aromatic rings. The molecule has 0 radical (unpaired) electrons. The van der Waals surface area contributed by atoms with Gasteiger partial charge in [-0.05, 0) is 38.3 Å². The number of rotatable bonds is 4. The van der Waals surface area contributed by atoms with Gasteiger partial charge in [0.25, 0.3) is 0 Å². The molecule has 0 saturated carbocycles. The van der Waals surface area contributed by atoms with E-state index in [0.29, 0.717) is 11.5 Å². The number of nitrogens with one attached hydrogen (secondary N) is 1. The minimum absolute atomic E-state index is 0.146. The van der Waals surface area contributed by atoms with Crippen molar-refractivity contribution in [2.75, 3.05) is 23.3 Å². The third-order valence-corrected chi connectivity index (χ3v) is 4.84. The van der Waals surface area contributed by atoms with Crippen molar-refractivity contribution >= 4 is 23.1 Å². The molecule has 4 rings (SSSR count). The van der Waals surface area contributed by atoms with Crippen molar-refractivity contribution in [3.8, 4) is 0 Å². The second-order valence-electron chi connectivity index (χ2n) is 6.95. The maximum atomic E-state index is 12.6. The lowest BCUT2D eigenvalue weighted by Gasteiger charge is -2.15. The fourth-order valence-electron chi connectivity index (χ4n) is 3.47. The number of benzene rings is 1. The lowest BCUT2D eigenvalue weighted by molar-refractivity contribution is -0.117. The van der Waals surface area contributed by atoms with Crippen LogP contribution in [-0.2, 0) is 11.3 Å². The van der Waals surface area contributed by atoms with Gasteiger partial charge >= 0.3 is 5.69 Å². The average molecular weight is 366 g/mol. The molecular formula is C19H22N6O2. The Bertz CT molecular complexity index is 1060. The van der Waals surface area contributed by atoms with Crippen LogP contribution < -0.4 is 15.9 Å². The van der Waals surface area contributed by atoms with Crippen molar-refractivity contribution in [3.05, 3.63) is 52.2 Å². The Kier molecular flexibility index (Phi) is 4.39. The first kappa shape index (κ1) is 17.3. The van der Waals surface area contributed by atoms with Crippen molar-refractivity contribution in [2.24, 2.45) is 0 Å². The van der Waals surface area contributed by atoms with E-state index in [1.807, 2.05) is 32.0 Å². The van der Waals surface area contributed by atoms with Crippen LogP contribution in [0.1, 0.15) is 24.0 Å². The molecule has 2 aromatic heterocycles. The number of nitrogens with zero attached hydrogens (tertiary/aromatic N) is 5. The van der Waals surface area contributed by atoms with Gasteiger partial charge in [-0.3, -0.25) is 4.79 Å². The highest BCUT2D eigenvalue weighted by Gasteiger charge is 2.20. The second-order valence-corrected chi connectivity index (χ2v) is 6.95. The van der Waals surface area contributed by atoms with E-state index in [4.69, 9.17) is 0 Å². The average Bonchev–Trinajstić information content (AvgIpc) is 3.27. The number of fused-ring (bicyclic) bond motifs is 1. The van der Waals surface area contributed by atoms with Gasteiger partial charge in [0.2, 0.25) is 11.6 Å². The van der Waals surface area contributed by atoms with E-state index in [9.17, 15) is 9.59 Å². The number of anilines is 2. The lowest BCUT2D eigenvalue weighted by Crippen LogP contribution is -2.28. The minimum Gasteiger partial charge on any atom is -0.353 e. The Balaban J connectivity index is 1.60. The van der Waals surface area contributed by atoms with Crippen LogP contribution in [0.25, 0.3) is 5.65 Å². The zero-order chi connectivity index (χ0) is 19.0. The molecule has 0 aliphatic carbocycles. The van der Waals surface area contributed by atoms with Crippen LogP contribution >= 0.6 is 0 Å². The fourth-order valence-corrected chi connectivity index (χ4v) is 3.47. The van der Waals surface area contributed by atoms with Gasteiger partial charge in [0, 0.05) is 31.2 Å². The molecule has 8 nitrogen and oxygen atoms in total. The highest BCUT2D eigenvalue weighted by Crippen LogP contribution is 2.20. The van der Waals surface area contributed by atoms with E-state index >= 15 is 0 Å². The number of amides is 1. The maximum Gasteiger partial charge on any atom is 0.350 e. The highest BCUT2D eigenvalue weighted by molar-refractivity contribution is 5.91. The van der Waals surface area contributed by atoms with E-state index < -0.39 is 0 Å². The Morgan fingerprint density at radius 2 is 2.00 bits per heavy atom. The van der Waals surface area contributed by atoms with Gasteiger partial charge < -0.3 is 10.2 Å². The molecule has 1 amide bonds. The molecule has 0 spiro atoms. The summed E-state index contributed by atoms with van der Waals surface area (Å²) >= 11 is 0. The second kappa shape index (κ2) is 6.86. The van der Waals surface area contributed by atoms with Crippen LogP contribution in [-0.4, -0.2) is 38.2 Å². The summed E-state index contributed by atoms with van der Waals surface area (Å²) in [6.45, 7) is 5.60. The van der Waals surface area contributed by atoms with Crippen LogP contribution in [0.2, 0.25) is 0 Å².